The van der Waals surface area contributed by atoms with E-state index in [1.54, 1.807) is 6.92 Å². The van der Waals surface area contributed by atoms with Gasteiger partial charge in [-0.1, -0.05) is 10.3 Å². The fourth-order valence-electron chi connectivity index (χ4n) is 1.86. The van der Waals surface area contributed by atoms with Gasteiger partial charge >= 0.3 is 0 Å². The second kappa shape index (κ2) is 5.64. The van der Waals surface area contributed by atoms with Gasteiger partial charge in [0.05, 0.1) is 12.2 Å². The van der Waals surface area contributed by atoms with E-state index in [2.05, 4.69) is 30.5 Å². The maximum Gasteiger partial charge on any atom is 0.220 e. The molecular weight excluding hydrogens is 246 g/mol. The molecule has 0 aromatic carbocycles. The van der Waals surface area contributed by atoms with Gasteiger partial charge in [-0.15, -0.1) is 0 Å². The molecule has 102 valence electrons. The second-order valence-corrected chi connectivity index (χ2v) is 4.49. The first-order valence-corrected chi connectivity index (χ1v) is 6.13. The number of hydrogen-bond acceptors (Lipinski definition) is 5. The summed E-state index contributed by atoms with van der Waals surface area (Å²) in [7, 11) is 0. The van der Waals surface area contributed by atoms with E-state index in [0.29, 0.717) is 30.8 Å². The minimum absolute atomic E-state index is 0.0256. The van der Waals surface area contributed by atoms with Crippen molar-refractivity contribution in [2.24, 2.45) is 0 Å². The highest BCUT2D eigenvalue weighted by Gasteiger charge is 2.10. The van der Waals surface area contributed by atoms with Crippen LogP contribution >= 0.6 is 0 Å². The zero-order chi connectivity index (χ0) is 13.8. The Morgan fingerprint density at radius 1 is 1.26 bits per heavy atom. The largest absolute Gasteiger partial charge is 0.350 e. The van der Waals surface area contributed by atoms with Crippen LogP contribution in [0.2, 0.25) is 0 Å². The summed E-state index contributed by atoms with van der Waals surface area (Å²) in [5, 5.41) is 17.2. The van der Waals surface area contributed by atoms with Gasteiger partial charge in [-0.2, -0.15) is 5.10 Å². The van der Waals surface area contributed by atoms with E-state index in [1.807, 2.05) is 13.8 Å². The molecule has 0 aliphatic heterocycles. The molecule has 0 saturated heterocycles. The average molecular weight is 263 g/mol. The molecule has 0 aliphatic rings. The van der Waals surface area contributed by atoms with Crippen LogP contribution in [0.1, 0.15) is 34.8 Å². The third-order valence-electron chi connectivity index (χ3n) is 3.08. The van der Waals surface area contributed by atoms with Gasteiger partial charge in [0.1, 0.15) is 11.4 Å². The summed E-state index contributed by atoms with van der Waals surface area (Å²) in [6.45, 7) is 6.02. The Balaban J connectivity index is 1.81. The van der Waals surface area contributed by atoms with Crippen LogP contribution in [0.3, 0.4) is 0 Å². The summed E-state index contributed by atoms with van der Waals surface area (Å²) in [5.74, 6) is -0.0256. The van der Waals surface area contributed by atoms with Crippen molar-refractivity contribution < 1.29 is 9.42 Å². The van der Waals surface area contributed by atoms with Crippen molar-refractivity contribution in [1.82, 2.24) is 25.8 Å². The molecule has 0 unspecified atom stereocenters. The molecule has 2 N–H and O–H groups in total. The highest BCUT2D eigenvalue weighted by atomic mass is 16.6. The molecule has 0 spiro atoms. The summed E-state index contributed by atoms with van der Waals surface area (Å²) in [6.07, 6.45) is 1.10. The standard InChI is InChI=1S/C12H17N5O2/c1-7-10(8(2)15-14-7)4-5-12(18)13-6-11-9(3)16-19-17-11/h4-6H2,1-3H3,(H,13,18)(H,14,15). The number of nitrogens with one attached hydrogen (secondary N) is 2. The van der Waals surface area contributed by atoms with Crippen molar-refractivity contribution in [3.63, 3.8) is 0 Å². The summed E-state index contributed by atoms with van der Waals surface area (Å²) >= 11 is 0. The van der Waals surface area contributed by atoms with E-state index >= 15 is 0 Å². The number of rotatable bonds is 5. The molecule has 2 aromatic heterocycles. The molecule has 7 nitrogen and oxygen atoms in total. The lowest BCUT2D eigenvalue weighted by molar-refractivity contribution is -0.121. The maximum atomic E-state index is 11.7. The summed E-state index contributed by atoms with van der Waals surface area (Å²) in [6, 6.07) is 0. The van der Waals surface area contributed by atoms with Crippen molar-refractivity contribution in [1.29, 1.82) is 0 Å². The second-order valence-electron chi connectivity index (χ2n) is 4.49. The molecular formula is C12H17N5O2. The molecule has 2 rings (SSSR count). The normalized spacial score (nSPS) is 10.7. The molecule has 0 atom stereocenters. The Morgan fingerprint density at radius 3 is 2.63 bits per heavy atom. The Labute approximate surface area is 110 Å². The van der Waals surface area contributed by atoms with Crippen molar-refractivity contribution in [2.75, 3.05) is 0 Å². The number of aromatic amines is 1. The number of aromatic nitrogens is 4. The van der Waals surface area contributed by atoms with Gasteiger partial charge in [-0.25, -0.2) is 4.63 Å². The first kappa shape index (κ1) is 13.3. The van der Waals surface area contributed by atoms with Crippen molar-refractivity contribution in [3.8, 4) is 0 Å². The van der Waals surface area contributed by atoms with Gasteiger partial charge in [0, 0.05) is 12.1 Å². The Bertz CT molecular complexity index is 553. The minimum atomic E-state index is -0.0256. The molecule has 7 heteroatoms. The van der Waals surface area contributed by atoms with Gasteiger partial charge in [0.25, 0.3) is 0 Å². The van der Waals surface area contributed by atoms with Crippen LogP contribution in [0.25, 0.3) is 0 Å². The number of carbonyl (C=O) groups excluding carboxylic acids is 1. The number of hydrogen-bond donors (Lipinski definition) is 2. The van der Waals surface area contributed by atoms with Crippen LogP contribution in [0.4, 0.5) is 0 Å². The summed E-state index contributed by atoms with van der Waals surface area (Å²) < 4.78 is 4.56. The monoisotopic (exact) mass is 263 g/mol. The number of carbonyl (C=O) groups is 1. The highest BCUT2D eigenvalue weighted by molar-refractivity contribution is 5.76. The predicted molar refractivity (Wildman–Crippen MR) is 67.3 cm³/mol. The average Bonchev–Trinajstić information content (AvgIpc) is 2.92. The van der Waals surface area contributed by atoms with Crippen LogP contribution in [0.5, 0.6) is 0 Å². The predicted octanol–water partition coefficient (Wildman–Crippen LogP) is 0.967. The third kappa shape index (κ3) is 3.18. The molecule has 19 heavy (non-hydrogen) atoms. The zero-order valence-corrected chi connectivity index (χ0v) is 11.3. The van der Waals surface area contributed by atoms with Crippen LogP contribution < -0.4 is 5.32 Å². The quantitative estimate of drug-likeness (QED) is 0.837. The lowest BCUT2D eigenvalue weighted by Gasteiger charge is -2.03. The van der Waals surface area contributed by atoms with E-state index in [1.165, 1.54) is 0 Å². The van der Waals surface area contributed by atoms with Gasteiger partial charge < -0.3 is 5.32 Å². The van der Waals surface area contributed by atoms with Crippen molar-refractivity contribution in [3.05, 3.63) is 28.3 Å². The lowest BCUT2D eigenvalue weighted by atomic mass is 10.1. The zero-order valence-electron chi connectivity index (χ0n) is 11.3. The van der Waals surface area contributed by atoms with E-state index < -0.39 is 0 Å². The number of aryl methyl sites for hydroxylation is 3. The summed E-state index contributed by atoms with van der Waals surface area (Å²) in [4.78, 5) is 11.7. The van der Waals surface area contributed by atoms with Gasteiger partial charge in [0.2, 0.25) is 5.91 Å². The molecule has 0 bridgehead atoms. The smallest absolute Gasteiger partial charge is 0.220 e. The fraction of sp³-hybridized carbons (Fsp3) is 0.500. The van der Waals surface area contributed by atoms with Crippen LogP contribution in [-0.4, -0.2) is 26.4 Å². The molecule has 0 fully saturated rings. The molecule has 0 saturated carbocycles. The third-order valence-corrected chi connectivity index (χ3v) is 3.08. The van der Waals surface area contributed by atoms with E-state index in [-0.39, 0.29) is 5.91 Å². The SMILES string of the molecule is Cc1nonc1CNC(=O)CCc1c(C)n[nH]c1C. The van der Waals surface area contributed by atoms with E-state index in [4.69, 9.17) is 0 Å². The Hall–Kier alpha value is -2.18. The van der Waals surface area contributed by atoms with Crippen LogP contribution in [0, 0.1) is 20.8 Å². The fourth-order valence-corrected chi connectivity index (χ4v) is 1.86. The van der Waals surface area contributed by atoms with E-state index in [0.717, 1.165) is 17.0 Å². The Kier molecular flexibility index (Phi) is 3.94. The topological polar surface area (TPSA) is 96.7 Å². The van der Waals surface area contributed by atoms with Gasteiger partial charge in [-0.05, 0) is 32.8 Å². The number of nitrogens with zero attached hydrogens (tertiary/aromatic N) is 3. The number of amides is 1. The highest BCUT2D eigenvalue weighted by Crippen LogP contribution is 2.11. The first-order chi connectivity index (χ1) is 9.08. The summed E-state index contributed by atoms with van der Waals surface area (Å²) in [5.41, 5.74) is 4.42. The van der Waals surface area contributed by atoms with Gasteiger partial charge in [-0.3, -0.25) is 9.89 Å². The Morgan fingerprint density at radius 2 is 2.05 bits per heavy atom. The molecule has 1 amide bonds. The van der Waals surface area contributed by atoms with Crippen molar-refractivity contribution >= 4 is 5.91 Å². The van der Waals surface area contributed by atoms with Gasteiger partial charge in [0.15, 0.2) is 0 Å². The maximum absolute atomic E-state index is 11.7. The molecule has 0 radical (unpaired) electrons. The van der Waals surface area contributed by atoms with Crippen LogP contribution in [0.15, 0.2) is 4.63 Å². The van der Waals surface area contributed by atoms with E-state index in [9.17, 15) is 4.79 Å². The molecule has 2 aromatic rings. The first-order valence-electron chi connectivity index (χ1n) is 6.13. The lowest BCUT2D eigenvalue weighted by Crippen LogP contribution is -2.23. The molecule has 2 heterocycles. The molecule has 0 aliphatic carbocycles. The minimum Gasteiger partial charge on any atom is -0.350 e. The van der Waals surface area contributed by atoms with Crippen LogP contribution in [-0.2, 0) is 17.8 Å². The number of H-pyrrole nitrogens is 1. The van der Waals surface area contributed by atoms with Crippen molar-refractivity contribution in [2.45, 2.75) is 40.2 Å².